The highest BCUT2D eigenvalue weighted by Crippen LogP contribution is 2.15. The molecule has 1 heterocycles. The van der Waals surface area contributed by atoms with Crippen LogP contribution in [0.25, 0.3) is 10.9 Å². The number of nitrogens with one attached hydrogen (secondary N) is 1. The summed E-state index contributed by atoms with van der Waals surface area (Å²) in [5.74, 6) is 0.752. The second kappa shape index (κ2) is 7.40. The minimum atomic E-state index is -0.0261. The van der Waals surface area contributed by atoms with E-state index in [1.54, 1.807) is 6.20 Å². The standard InChI is InChI=1S/C19H18N2O2/c22-19(11-13-23-16-6-2-1-3-7-16)21-14-15-10-12-20-18-9-5-4-8-17(15)18/h1-10,12H,11,13-14H2,(H,21,22). The molecule has 0 fully saturated rings. The second-order valence-corrected chi connectivity index (χ2v) is 5.18. The van der Waals surface area contributed by atoms with Crippen molar-refractivity contribution in [1.82, 2.24) is 10.3 Å². The van der Waals surface area contributed by atoms with Gasteiger partial charge in [0.1, 0.15) is 5.75 Å². The number of ether oxygens (including phenoxy) is 1. The summed E-state index contributed by atoms with van der Waals surface area (Å²) in [7, 11) is 0. The van der Waals surface area contributed by atoms with E-state index in [9.17, 15) is 4.79 Å². The average Bonchev–Trinajstić information content (AvgIpc) is 2.61. The molecule has 0 aliphatic heterocycles. The summed E-state index contributed by atoms with van der Waals surface area (Å²) in [6.07, 6.45) is 2.10. The Morgan fingerprint density at radius 1 is 1.00 bits per heavy atom. The van der Waals surface area contributed by atoms with Crippen LogP contribution >= 0.6 is 0 Å². The summed E-state index contributed by atoms with van der Waals surface area (Å²) >= 11 is 0. The maximum atomic E-state index is 11.9. The summed E-state index contributed by atoms with van der Waals surface area (Å²) in [5, 5.41) is 4.00. The van der Waals surface area contributed by atoms with E-state index in [0.29, 0.717) is 19.6 Å². The molecule has 3 rings (SSSR count). The number of benzene rings is 2. The van der Waals surface area contributed by atoms with Crippen LogP contribution in [0.5, 0.6) is 5.75 Å². The first-order chi connectivity index (χ1) is 11.3. The molecule has 0 aliphatic rings. The van der Waals surface area contributed by atoms with Crippen LogP contribution < -0.4 is 10.1 Å². The van der Waals surface area contributed by atoms with Gasteiger partial charge in [0, 0.05) is 18.1 Å². The number of carbonyl (C=O) groups excluding carboxylic acids is 1. The maximum Gasteiger partial charge on any atom is 0.223 e. The Bertz CT molecular complexity index is 782. The van der Waals surface area contributed by atoms with Gasteiger partial charge in [-0.05, 0) is 29.8 Å². The van der Waals surface area contributed by atoms with E-state index in [0.717, 1.165) is 22.2 Å². The largest absolute Gasteiger partial charge is 0.493 e. The third-order valence-electron chi connectivity index (χ3n) is 3.56. The number of fused-ring (bicyclic) bond motifs is 1. The zero-order valence-electron chi connectivity index (χ0n) is 12.7. The summed E-state index contributed by atoms with van der Waals surface area (Å²) in [6, 6.07) is 19.3. The number of pyridine rings is 1. The van der Waals surface area contributed by atoms with Crippen molar-refractivity contribution in [2.45, 2.75) is 13.0 Å². The predicted molar refractivity (Wildman–Crippen MR) is 90.1 cm³/mol. The maximum absolute atomic E-state index is 11.9. The molecule has 1 amide bonds. The van der Waals surface area contributed by atoms with Crippen molar-refractivity contribution in [3.8, 4) is 5.75 Å². The lowest BCUT2D eigenvalue weighted by atomic mass is 10.1. The fourth-order valence-corrected chi connectivity index (χ4v) is 2.37. The van der Waals surface area contributed by atoms with Crippen molar-refractivity contribution in [2.24, 2.45) is 0 Å². The van der Waals surface area contributed by atoms with Crippen molar-refractivity contribution in [1.29, 1.82) is 0 Å². The van der Waals surface area contributed by atoms with E-state index in [1.807, 2.05) is 60.7 Å². The fourth-order valence-electron chi connectivity index (χ4n) is 2.37. The molecule has 0 bridgehead atoms. The highest BCUT2D eigenvalue weighted by atomic mass is 16.5. The Morgan fingerprint density at radius 3 is 2.65 bits per heavy atom. The first-order valence-corrected chi connectivity index (χ1v) is 7.60. The van der Waals surface area contributed by atoms with E-state index in [2.05, 4.69) is 10.3 Å². The molecule has 0 saturated carbocycles. The van der Waals surface area contributed by atoms with Crippen molar-refractivity contribution in [2.75, 3.05) is 6.61 Å². The molecule has 116 valence electrons. The van der Waals surface area contributed by atoms with Gasteiger partial charge in [-0.1, -0.05) is 36.4 Å². The number of hydrogen-bond acceptors (Lipinski definition) is 3. The molecule has 2 aromatic carbocycles. The summed E-state index contributed by atoms with van der Waals surface area (Å²) < 4.78 is 5.53. The van der Waals surface area contributed by atoms with E-state index in [-0.39, 0.29) is 5.91 Å². The monoisotopic (exact) mass is 306 g/mol. The molecular formula is C19H18N2O2. The van der Waals surface area contributed by atoms with Crippen LogP contribution in [0.1, 0.15) is 12.0 Å². The van der Waals surface area contributed by atoms with Crippen LogP contribution in [0.3, 0.4) is 0 Å². The minimum Gasteiger partial charge on any atom is -0.493 e. The van der Waals surface area contributed by atoms with Crippen LogP contribution in [0.2, 0.25) is 0 Å². The lowest BCUT2D eigenvalue weighted by molar-refractivity contribution is -0.121. The number of para-hydroxylation sites is 2. The smallest absolute Gasteiger partial charge is 0.223 e. The summed E-state index contributed by atoms with van der Waals surface area (Å²) in [4.78, 5) is 16.3. The third-order valence-corrected chi connectivity index (χ3v) is 3.56. The quantitative estimate of drug-likeness (QED) is 0.760. The third kappa shape index (κ3) is 4.07. The topological polar surface area (TPSA) is 51.2 Å². The number of rotatable bonds is 6. The summed E-state index contributed by atoms with van der Waals surface area (Å²) in [5.41, 5.74) is 2.00. The molecule has 0 aliphatic carbocycles. The molecule has 0 spiro atoms. The highest BCUT2D eigenvalue weighted by molar-refractivity contribution is 5.82. The lowest BCUT2D eigenvalue weighted by Gasteiger charge is -2.09. The van der Waals surface area contributed by atoms with Gasteiger partial charge in [0.05, 0.1) is 18.5 Å². The van der Waals surface area contributed by atoms with Gasteiger partial charge >= 0.3 is 0 Å². The molecular weight excluding hydrogens is 288 g/mol. The first kappa shape index (κ1) is 15.0. The van der Waals surface area contributed by atoms with Crippen molar-refractivity contribution in [3.63, 3.8) is 0 Å². The number of aromatic nitrogens is 1. The van der Waals surface area contributed by atoms with Crippen LogP contribution in [0.15, 0.2) is 66.9 Å². The minimum absolute atomic E-state index is 0.0261. The fraction of sp³-hybridized carbons (Fsp3) is 0.158. The van der Waals surface area contributed by atoms with Gasteiger partial charge in [-0.25, -0.2) is 0 Å². The number of nitrogens with zero attached hydrogens (tertiary/aromatic N) is 1. The molecule has 4 heteroatoms. The number of amides is 1. The molecule has 3 aromatic rings. The van der Waals surface area contributed by atoms with Gasteiger partial charge in [-0.15, -0.1) is 0 Å². The number of carbonyl (C=O) groups is 1. The Kier molecular flexibility index (Phi) is 4.84. The average molecular weight is 306 g/mol. The van der Waals surface area contributed by atoms with Crippen LogP contribution in [-0.4, -0.2) is 17.5 Å². The molecule has 0 saturated heterocycles. The molecule has 23 heavy (non-hydrogen) atoms. The Labute approximate surface area is 135 Å². The van der Waals surface area contributed by atoms with Crippen molar-refractivity contribution in [3.05, 3.63) is 72.4 Å². The van der Waals surface area contributed by atoms with Crippen LogP contribution in [-0.2, 0) is 11.3 Å². The van der Waals surface area contributed by atoms with Gasteiger partial charge in [-0.2, -0.15) is 0 Å². The van der Waals surface area contributed by atoms with Gasteiger partial charge in [0.2, 0.25) is 5.91 Å². The number of hydrogen-bond donors (Lipinski definition) is 1. The normalized spacial score (nSPS) is 10.4. The van der Waals surface area contributed by atoms with Crippen LogP contribution in [0.4, 0.5) is 0 Å². The molecule has 1 aromatic heterocycles. The van der Waals surface area contributed by atoms with E-state index >= 15 is 0 Å². The first-order valence-electron chi connectivity index (χ1n) is 7.60. The molecule has 0 unspecified atom stereocenters. The molecule has 1 N–H and O–H groups in total. The zero-order chi connectivity index (χ0) is 15.9. The van der Waals surface area contributed by atoms with E-state index in [4.69, 9.17) is 4.74 Å². The van der Waals surface area contributed by atoms with Crippen molar-refractivity contribution < 1.29 is 9.53 Å². The Balaban J connectivity index is 1.50. The molecule has 0 atom stereocenters. The SMILES string of the molecule is O=C(CCOc1ccccc1)NCc1ccnc2ccccc12. The molecule has 0 radical (unpaired) electrons. The lowest BCUT2D eigenvalue weighted by Crippen LogP contribution is -2.24. The highest BCUT2D eigenvalue weighted by Gasteiger charge is 2.05. The summed E-state index contributed by atoms with van der Waals surface area (Å²) in [6.45, 7) is 0.861. The van der Waals surface area contributed by atoms with Gasteiger partial charge in [0.25, 0.3) is 0 Å². The Hall–Kier alpha value is -2.88. The zero-order valence-corrected chi connectivity index (χ0v) is 12.7. The second-order valence-electron chi connectivity index (χ2n) is 5.18. The van der Waals surface area contributed by atoms with E-state index < -0.39 is 0 Å². The molecule has 4 nitrogen and oxygen atoms in total. The van der Waals surface area contributed by atoms with Gasteiger partial charge < -0.3 is 10.1 Å². The Morgan fingerprint density at radius 2 is 1.78 bits per heavy atom. The van der Waals surface area contributed by atoms with Gasteiger partial charge in [-0.3, -0.25) is 9.78 Å². The predicted octanol–water partition coefficient (Wildman–Crippen LogP) is 3.32. The van der Waals surface area contributed by atoms with Crippen LogP contribution in [0, 0.1) is 0 Å². The van der Waals surface area contributed by atoms with Gasteiger partial charge in [0.15, 0.2) is 0 Å². The van der Waals surface area contributed by atoms with E-state index in [1.165, 1.54) is 0 Å². The van der Waals surface area contributed by atoms with Crippen molar-refractivity contribution >= 4 is 16.8 Å².